The van der Waals surface area contributed by atoms with Gasteiger partial charge in [-0.05, 0) is 5.56 Å². The number of amides is 2. The first-order chi connectivity index (χ1) is 11.6. The summed E-state index contributed by atoms with van der Waals surface area (Å²) in [5, 5.41) is 2.64. The first-order valence-corrected chi connectivity index (χ1v) is 8.49. The molecule has 2 aliphatic rings. The molecule has 1 fully saturated rings. The van der Waals surface area contributed by atoms with Gasteiger partial charge >= 0.3 is 0 Å². The Kier molecular flexibility index (Phi) is 3.45. The van der Waals surface area contributed by atoms with Gasteiger partial charge in [0.15, 0.2) is 0 Å². The average molecular weight is 342 g/mol. The molecule has 122 valence electrons. The minimum absolute atomic E-state index is 0.0479. The number of nitrogens with one attached hydrogen (secondary N) is 1. The van der Waals surface area contributed by atoms with E-state index < -0.39 is 5.54 Å². The van der Waals surface area contributed by atoms with Crippen LogP contribution in [-0.4, -0.2) is 35.9 Å². The van der Waals surface area contributed by atoms with Gasteiger partial charge in [-0.1, -0.05) is 30.3 Å². The summed E-state index contributed by atoms with van der Waals surface area (Å²) >= 11 is 1.39. The molecule has 4 rings (SSSR count). The lowest BCUT2D eigenvalue weighted by atomic mass is 9.97. The van der Waals surface area contributed by atoms with Crippen molar-refractivity contribution in [3.05, 3.63) is 36.6 Å². The Bertz CT molecular complexity index is 832. The van der Waals surface area contributed by atoms with Gasteiger partial charge in [-0.3, -0.25) is 14.5 Å². The number of carbonyl (C=O) groups is 3. The highest BCUT2D eigenvalue weighted by molar-refractivity contribution is 8.00. The van der Waals surface area contributed by atoms with E-state index in [0.29, 0.717) is 12.2 Å². The molecular weight excluding hydrogens is 328 g/mol. The Balaban J connectivity index is 1.82. The van der Waals surface area contributed by atoms with Crippen LogP contribution in [0.15, 0.2) is 45.9 Å². The van der Waals surface area contributed by atoms with E-state index in [2.05, 4.69) is 5.32 Å². The SMILES string of the molecule is O=CC1(N2C(=O)CSc3c(-c4ccccc4)coc32)CNC(=O)C1. The lowest BCUT2D eigenvalue weighted by Crippen LogP contribution is -2.56. The van der Waals surface area contributed by atoms with Crippen molar-refractivity contribution in [1.29, 1.82) is 0 Å². The Morgan fingerprint density at radius 2 is 2.04 bits per heavy atom. The second kappa shape index (κ2) is 5.52. The predicted molar refractivity (Wildman–Crippen MR) is 88.8 cm³/mol. The number of benzene rings is 1. The molecule has 1 saturated heterocycles. The van der Waals surface area contributed by atoms with Gasteiger partial charge in [-0.2, -0.15) is 0 Å². The maximum absolute atomic E-state index is 12.5. The molecule has 3 heterocycles. The van der Waals surface area contributed by atoms with Gasteiger partial charge in [0, 0.05) is 12.1 Å². The molecule has 6 nitrogen and oxygen atoms in total. The van der Waals surface area contributed by atoms with Crippen LogP contribution in [-0.2, 0) is 14.4 Å². The molecule has 1 atom stereocenters. The normalized spacial score (nSPS) is 23.1. The van der Waals surface area contributed by atoms with Crippen molar-refractivity contribution in [1.82, 2.24) is 5.32 Å². The summed E-state index contributed by atoms with van der Waals surface area (Å²) in [6.45, 7) is 0.104. The summed E-state index contributed by atoms with van der Waals surface area (Å²) in [5.41, 5.74) is 0.645. The molecule has 24 heavy (non-hydrogen) atoms. The van der Waals surface area contributed by atoms with Crippen LogP contribution in [0.2, 0.25) is 0 Å². The Hall–Kier alpha value is -2.54. The van der Waals surface area contributed by atoms with Crippen LogP contribution in [0.25, 0.3) is 11.1 Å². The number of carbonyl (C=O) groups excluding carboxylic acids is 3. The monoisotopic (exact) mass is 342 g/mol. The maximum atomic E-state index is 12.5. The van der Waals surface area contributed by atoms with E-state index in [4.69, 9.17) is 4.42 Å². The number of hydrogen-bond acceptors (Lipinski definition) is 5. The van der Waals surface area contributed by atoms with Crippen LogP contribution >= 0.6 is 11.8 Å². The fourth-order valence-electron chi connectivity index (χ4n) is 3.16. The third-order valence-electron chi connectivity index (χ3n) is 4.33. The average Bonchev–Trinajstić information content (AvgIpc) is 3.20. The Morgan fingerprint density at radius 3 is 2.71 bits per heavy atom. The standard InChI is InChI=1S/C17H14N2O4S/c20-10-17(6-13(21)18-9-17)19-14(22)8-24-15-12(7-23-16(15)19)11-4-2-1-3-5-11/h1-5,7,10H,6,8-9H2,(H,18,21). The van der Waals surface area contributed by atoms with Gasteiger partial charge in [-0.25, -0.2) is 0 Å². The molecule has 0 aliphatic carbocycles. The van der Waals surface area contributed by atoms with Crippen molar-refractivity contribution in [2.75, 3.05) is 17.2 Å². The van der Waals surface area contributed by atoms with E-state index in [0.717, 1.165) is 16.0 Å². The van der Waals surface area contributed by atoms with E-state index in [1.54, 1.807) is 6.26 Å². The molecule has 2 aliphatic heterocycles. The zero-order chi connectivity index (χ0) is 16.7. The van der Waals surface area contributed by atoms with Gasteiger partial charge in [0.2, 0.25) is 17.7 Å². The molecule has 0 spiro atoms. The van der Waals surface area contributed by atoms with Gasteiger partial charge in [0.05, 0.1) is 17.1 Å². The van der Waals surface area contributed by atoms with E-state index in [1.807, 2.05) is 30.3 Å². The highest BCUT2D eigenvalue weighted by Gasteiger charge is 2.50. The second-order valence-corrected chi connectivity index (χ2v) is 6.83. The van der Waals surface area contributed by atoms with Crippen molar-refractivity contribution < 1.29 is 18.8 Å². The summed E-state index contributed by atoms with van der Waals surface area (Å²) in [6.07, 6.45) is 2.22. The minimum atomic E-state index is -1.21. The molecule has 1 aromatic carbocycles. The smallest absolute Gasteiger partial charge is 0.240 e. The van der Waals surface area contributed by atoms with Crippen LogP contribution in [0.5, 0.6) is 0 Å². The quantitative estimate of drug-likeness (QED) is 0.861. The summed E-state index contributed by atoms with van der Waals surface area (Å²) < 4.78 is 5.69. The van der Waals surface area contributed by atoms with E-state index in [9.17, 15) is 14.4 Å². The van der Waals surface area contributed by atoms with Gasteiger partial charge in [0.1, 0.15) is 18.1 Å². The minimum Gasteiger partial charge on any atom is -0.446 e. The summed E-state index contributed by atoms with van der Waals surface area (Å²) in [7, 11) is 0. The third kappa shape index (κ3) is 2.16. The zero-order valence-electron chi connectivity index (χ0n) is 12.7. The van der Waals surface area contributed by atoms with E-state index in [1.165, 1.54) is 16.7 Å². The van der Waals surface area contributed by atoms with Crippen LogP contribution in [0.3, 0.4) is 0 Å². The molecule has 1 N–H and O–H groups in total. The summed E-state index contributed by atoms with van der Waals surface area (Å²) in [6, 6.07) is 9.70. The molecule has 0 radical (unpaired) electrons. The fourth-order valence-corrected chi connectivity index (χ4v) is 4.14. The van der Waals surface area contributed by atoms with Gasteiger partial charge < -0.3 is 14.5 Å². The van der Waals surface area contributed by atoms with Gasteiger partial charge in [0.25, 0.3) is 0 Å². The number of rotatable bonds is 3. The third-order valence-corrected chi connectivity index (χ3v) is 5.40. The lowest BCUT2D eigenvalue weighted by Gasteiger charge is -2.36. The number of thioether (sulfide) groups is 1. The molecule has 1 aromatic heterocycles. The highest BCUT2D eigenvalue weighted by Crippen LogP contribution is 2.46. The molecule has 1 unspecified atom stereocenters. The highest BCUT2D eigenvalue weighted by atomic mass is 32.2. The fraction of sp³-hybridized carbons (Fsp3) is 0.235. The largest absolute Gasteiger partial charge is 0.446 e. The van der Waals surface area contributed by atoms with E-state index >= 15 is 0 Å². The second-order valence-electron chi connectivity index (χ2n) is 5.84. The molecule has 0 saturated carbocycles. The maximum Gasteiger partial charge on any atom is 0.240 e. The van der Waals surface area contributed by atoms with Crippen LogP contribution in [0.4, 0.5) is 5.88 Å². The van der Waals surface area contributed by atoms with Crippen LogP contribution < -0.4 is 10.2 Å². The predicted octanol–water partition coefficient (Wildman–Crippen LogP) is 1.84. The van der Waals surface area contributed by atoms with Crippen molar-refractivity contribution in [2.24, 2.45) is 0 Å². The zero-order valence-corrected chi connectivity index (χ0v) is 13.5. The number of aldehydes is 1. The topological polar surface area (TPSA) is 79.6 Å². The molecule has 2 aromatic rings. The molecule has 2 amide bonds. The van der Waals surface area contributed by atoms with Gasteiger partial charge in [-0.15, -0.1) is 11.8 Å². The van der Waals surface area contributed by atoms with E-state index in [-0.39, 0.29) is 30.5 Å². The first-order valence-electron chi connectivity index (χ1n) is 7.50. The molecule has 7 heteroatoms. The van der Waals surface area contributed by atoms with Crippen LogP contribution in [0, 0.1) is 0 Å². The number of fused-ring (bicyclic) bond motifs is 1. The lowest BCUT2D eigenvalue weighted by molar-refractivity contribution is -0.123. The van der Waals surface area contributed by atoms with Crippen molar-refractivity contribution in [2.45, 2.75) is 16.9 Å². The van der Waals surface area contributed by atoms with Crippen LogP contribution in [0.1, 0.15) is 6.42 Å². The summed E-state index contributed by atoms with van der Waals surface area (Å²) in [4.78, 5) is 38.1. The van der Waals surface area contributed by atoms with Crippen molar-refractivity contribution >= 4 is 35.7 Å². The van der Waals surface area contributed by atoms with Crippen molar-refractivity contribution in [3.8, 4) is 11.1 Å². The number of nitrogens with zero attached hydrogens (tertiary/aromatic N) is 1. The first kappa shape index (κ1) is 15.0. The Morgan fingerprint density at radius 1 is 1.25 bits per heavy atom. The van der Waals surface area contributed by atoms with Crippen molar-refractivity contribution in [3.63, 3.8) is 0 Å². The molecular formula is C17H14N2O4S. The number of furan rings is 1. The Labute approximate surface area is 142 Å². The molecule has 0 bridgehead atoms. The number of anilines is 1. The number of hydrogen-bond donors (Lipinski definition) is 1. The summed E-state index contributed by atoms with van der Waals surface area (Å²) in [5.74, 6) is 0.0733.